The number of hydrogen-bond donors (Lipinski definition) is 0. The van der Waals surface area contributed by atoms with Gasteiger partial charge >= 0.3 is 0 Å². The molecule has 0 amide bonds. The van der Waals surface area contributed by atoms with E-state index in [1.807, 2.05) is 0 Å². The Hall–Kier alpha value is -3.34. The summed E-state index contributed by atoms with van der Waals surface area (Å²) in [6.07, 6.45) is 4.04. The van der Waals surface area contributed by atoms with Crippen LogP contribution in [0.25, 0.3) is 11.1 Å². The zero-order chi connectivity index (χ0) is 20.3. The molecular weight excluding hydrogens is 348 g/mol. The number of carbonyl (C=O) groups is 1. The second-order valence-electron chi connectivity index (χ2n) is 7.05. The number of allylic oxidation sites excluding steroid dienone is 3. The SMILES string of the molecule is Cc1ccc(C(=C(C=CC=O)c2nnnn2C)c2ccc(C)cc2C)c(C)c1. The van der Waals surface area contributed by atoms with Crippen LogP contribution in [0.15, 0.2) is 48.6 Å². The van der Waals surface area contributed by atoms with Gasteiger partial charge in [-0.25, -0.2) is 4.68 Å². The lowest BCUT2D eigenvalue weighted by molar-refractivity contribution is -0.104. The van der Waals surface area contributed by atoms with Gasteiger partial charge in [0.05, 0.1) is 0 Å². The Kier molecular flexibility index (Phi) is 5.64. The van der Waals surface area contributed by atoms with Gasteiger partial charge in [0.1, 0.15) is 6.29 Å². The lowest BCUT2D eigenvalue weighted by atomic mass is 9.86. The number of nitrogens with zero attached hydrogens (tertiary/aromatic N) is 4. The molecule has 0 aliphatic heterocycles. The first-order chi connectivity index (χ1) is 13.4. The van der Waals surface area contributed by atoms with Gasteiger partial charge < -0.3 is 0 Å². The average Bonchev–Trinajstić information content (AvgIpc) is 3.06. The maximum Gasteiger partial charge on any atom is 0.182 e. The molecule has 0 saturated carbocycles. The van der Waals surface area contributed by atoms with Crippen LogP contribution in [0, 0.1) is 27.7 Å². The van der Waals surface area contributed by atoms with Crippen LogP contribution in [0.3, 0.4) is 0 Å². The van der Waals surface area contributed by atoms with E-state index in [1.54, 1.807) is 17.8 Å². The van der Waals surface area contributed by atoms with Crippen LogP contribution >= 0.6 is 0 Å². The van der Waals surface area contributed by atoms with Gasteiger partial charge in [0, 0.05) is 18.2 Å². The summed E-state index contributed by atoms with van der Waals surface area (Å²) in [6.45, 7) is 8.36. The first kappa shape index (κ1) is 19.4. The maximum absolute atomic E-state index is 11.1. The fourth-order valence-electron chi connectivity index (χ4n) is 3.49. The van der Waals surface area contributed by atoms with Crippen molar-refractivity contribution >= 4 is 17.4 Å². The number of aromatic nitrogens is 4. The molecule has 0 N–H and O–H groups in total. The molecule has 0 saturated heterocycles. The Morgan fingerprint density at radius 2 is 1.50 bits per heavy atom. The van der Waals surface area contributed by atoms with Crippen LogP contribution in [0.5, 0.6) is 0 Å². The Bertz CT molecular complexity index is 1040. The maximum atomic E-state index is 11.1. The monoisotopic (exact) mass is 372 g/mol. The summed E-state index contributed by atoms with van der Waals surface area (Å²) in [7, 11) is 1.80. The molecule has 0 spiro atoms. The lowest BCUT2D eigenvalue weighted by Crippen LogP contribution is -2.04. The highest BCUT2D eigenvalue weighted by molar-refractivity contribution is 6.03. The predicted octanol–water partition coefficient (Wildman–Crippen LogP) is 4.16. The number of rotatable bonds is 5. The predicted molar refractivity (Wildman–Crippen MR) is 112 cm³/mol. The number of aldehydes is 1. The zero-order valence-electron chi connectivity index (χ0n) is 16.9. The molecule has 0 unspecified atom stereocenters. The third-order valence-corrected chi connectivity index (χ3v) is 4.77. The number of benzene rings is 2. The first-order valence-electron chi connectivity index (χ1n) is 9.16. The molecule has 0 radical (unpaired) electrons. The van der Waals surface area contributed by atoms with E-state index < -0.39 is 0 Å². The van der Waals surface area contributed by atoms with Crippen molar-refractivity contribution in [2.75, 3.05) is 0 Å². The molecule has 3 aromatic rings. The number of tetrazole rings is 1. The minimum Gasteiger partial charge on any atom is -0.299 e. The molecule has 0 fully saturated rings. The Balaban J connectivity index is 2.45. The molecule has 1 heterocycles. The van der Waals surface area contributed by atoms with Crippen molar-refractivity contribution in [2.24, 2.45) is 7.05 Å². The number of hydrogen-bond acceptors (Lipinski definition) is 4. The normalized spacial score (nSPS) is 11.0. The van der Waals surface area contributed by atoms with Gasteiger partial charge in [-0.15, -0.1) is 5.10 Å². The molecule has 0 aliphatic rings. The summed E-state index contributed by atoms with van der Waals surface area (Å²) >= 11 is 0. The minimum atomic E-state index is 0.605. The summed E-state index contributed by atoms with van der Waals surface area (Å²) in [5.74, 6) is 0.605. The van der Waals surface area contributed by atoms with E-state index in [2.05, 4.69) is 79.6 Å². The standard InChI is InChI=1S/C23H24N4O/c1-15-8-10-19(17(3)13-15)22(20-11-9-16(2)14-18(20)4)21(7-6-12-28)23-24-25-26-27(23)5/h6-14H,1-5H3. The first-order valence-corrected chi connectivity index (χ1v) is 9.16. The molecular formula is C23H24N4O. The minimum absolute atomic E-state index is 0.605. The van der Waals surface area contributed by atoms with E-state index >= 15 is 0 Å². The van der Waals surface area contributed by atoms with E-state index in [1.165, 1.54) is 17.2 Å². The average molecular weight is 372 g/mol. The second-order valence-corrected chi connectivity index (χ2v) is 7.05. The van der Waals surface area contributed by atoms with Crippen LogP contribution in [0.4, 0.5) is 0 Å². The van der Waals surface area contributed by atoms with Crippen molar-refractivity contribution in [1.82, 2.24) is 20.2 Å². The summed E-state index contributed by atoms with van der Waals surface area (Å²) in [5.41, 5.74) is 8.70. The van der Waals surface area contributed by atoms with Gasteiger partial charge in [-0.1, -0.05) is 47.5 Å². The fourth-order valence-corrected chi connectivity index (χ4v) is 3.49. The fraction of sp³-hybridized carbons (Fsp3) is 0.217. The summed E-state index contributed by atoms with van der Waals surface area (Å²) in [6, 6.07) is 12.8. The third-order valence-electron chi connectivity index (χ3n) is 4.77. The van der Waals surface area contributed by atoms with Crippen LogP contribution in [-0.2, 0) is 11.8 Å². The Morgan fingerprint density at radius 3 is 1.93 bits per heavy atom. The van der Waals surface area contributed by atoms with Crippen molar-refractivity contribution in [2.45, 2.75) is 27.7 Å². The number of aryl methyl sites for hydroxylation is 5. The quantitative estimate of drug-likeness (QED) is 0.383. The molecule has 142 valence electrons. The van der Waals surface area contributed by atoms with E-state index in [9.17, 15) is 4.79 Å². The van der Waals surface area contributed by atoms with Gasteiger partial charge in [0.25, 0.3) is 0 Å². The summed E-state index contributed by atoms with van der Waals surface area (Å²) < 4.78 is 1.62. The van der Waals surface area contributed by atoms with E-state index in [0.29, 0.717) is 5.82 Å². The topological polar surface area (TPSA) is 60.7 Å². The summed E-state index contributed by atoms with van der Waals surface area (Å²) in [4.78, 5) is 11.1. The Morgan fingerprint density at radius 1 is 0.929 bits per heavy atom. The molecule has 0 atom stereocenters. The molecule has 2 aromatic carbocycles. The van der Waals surface area contributed by atoms with Gasteiger partial charge in [0.2, 0.25) is 0 Å². The molecule has 1 aromatic heterocycles. The highest BCUT2D eigenvalue weighted by atomic mass is 16.1. The van der Waals surface area contributed by atoms with Crippen molar-refractivity contribution in [3.8, 4) is 0 Å². The molecule has 5 heteroatoms. The van der Waals surface area contributed by atoms with Crippen molar-refractivity contribution in [1.29, 1.82) is 0 Å². The lowest BCUT2D eigenvalue weighted by Gasteiger charge is -2.18. The van der Waals surface area contributed by atoms with E-state index in [0.717, 1.165) is 39.7 Å². The van der Waals surface area contributed by atoms with Crippen LogP contribution in [0.1, 0.15) is 39.2 Å². The van der Waals surface area contributed by atoms with Gasteiger partial charge in [-0.2, -0.15) is 0 Å². The van der Waals surface area contributed by atoms with Crippen LogP contribution in [0.2, 0.25) is 0 Å². The van der Waals surface area contributed by atoms with E-state index in [4.69, 9.17) is 0 Å². The smallest absolute Gasteiger partial charge is 0.182 e. The van der Waals surface area contributed by atoms with Gasteiger partial charge in [-0.3, -0.25) is 4.79 Å². The molecule has 3 rings (SSSR count). The molecule has 5 nitrogen and oxygen atoms in total. The van der Waals surface area contributed by atoms with E-state index in [-0.39, 0.29) is 0 Å². The van der Waals surface area contributed by atoms with Crippen LogP contribution in [-0.4, -0.2) is 26.5 Å². The number of carbonyl (C=O) groups excluding carboxylic acids is 1. The van der Waals surface area contributed by atoms with Crippen molar-refractivity contribution in [3.05, 3.63) is 87.8 Å². The van der Waals surface area contributed by atoms with Gasteiger partial charge in [-0.05, 0) is 72.5 Å². The largest absolute Gasteiger partial charge is 0.299 e. The van der Waals surface area contributed by atoms with Crippen molar-refractivity contribution in [3.63, 3.8) is 0 Å². The second kappa shape index (κ2) is 8.13. The van der Waals surface area contributed by atoms with Gasteiger partial charge in [0.15, 0.2) is 5.82 Å². The third kappa shape index (κ3) is 3.83. The highest BCUT2D eigenvalue weighted by Gasteiger charge is 2.19. The summed E-state index contributed by atoms with van der Waals surface area (Å²) in [5, 5.41) is 12.0. The molecule has 28 heavy (non-hydrogen) atoms. The zero-order valence-corrected chi connectivity index (χ0v) is 16.9. The molecule has 0 bridgehead atoms. The Labute approximate surface area is 165 Å². The highest BCUT2D eigenvalue weighted by Crippen LogP contribution is 2.36. The molecule has 0 aliphatic carbocycles. The van der Waals surface area contributed by atoms with Crippen molar-refractivity contribution < 1.29 is 4.79 Å². The van der Waals surface area contributed by atoms with Crippen LogP contribution < -0.4 is 0 Å².